The molecule has 0 heterocycles. The molecule has 0 amide bonds. The topological polar surface area (TPSA) is 38.7 Å². The fourth-order valence-electron chi connectivity index (χ4n) is 2.51. The lowest BCUT2D eigenvalue weighted by atomic mass is 9.95. The van der Waals surface area contributed by atoms with E-state index in [1.807, 2.05) is 0 Å². The highest BCUT2D eigenvalue weighted by Crippen LogP contribution is 2.27. The molecular formula is C17H21FO3. The molecule has 1 aromatic carbocycles. The van der Waals surface area contributed by atoms with Crippen LogP contribution < -0.4 is 4.74 Å². The Kier molecular flexibility index (Phi) is 6.04. The van der Waals surface area contributed by atoms with Crippen LogP contribution >= 0.6 is 0 Å². The van der Waals surface area contributed by atoms with Crippen molar-refractivity contribution < 1.29 is 19.0 Å². The summed E-state index contributed by atoms with van der Waals surface area (Å²) in [6.45, 7) is 0.0164. The van der Waals surface area contributed by atoms with Crippen molar-refractivity contribution in [3.05, 3.63) is 29.6 Å². The van der Waals surface area contributed by atoms with Crippen molar-refractivity contribution in [2.45, 2.75) is 44.3 Å². The second-order valence-electron chi connectivity index (χ2n) is 5.18. The van der Waals surface area contributed by atoms with E-state index in [9.17, 15) is 4.39 Å². The van der Waals surface area contributed by atoms with Gasteiger partial charge in [-0.05, 0) is 31.4 Å². The van der Waals surface area contributed by atoms with E-state index in [1.165, 1.54) is 12.1 Å². The lowest BCUT2D eigenvalue weighted by Gasteiger charge is -2.29. The molecule has 4 heteroatoms. The molecule has 3 nitrogen and oxygen atoms in total. The summed E-state index contributed by atoms with van der Waals surface area (Å²) in [5.41, 5.74) is 0.657. The first kappa shape index (κ1) is 15.8. The van der Waals surface area contributed by atoms with E-state index in [4.69, 9.17) is 14.6 Å². The third-order valence-corrected chi connectivity index (χ3v) is 3.61. The molecule has 1 fully saturated rings. The van der Waals surface area contributed by atoms with Gasteiger partial charge in [-0.1, -0.05) is 11.8 Å². The van der Waals surface area contributed by atoms with Crippen LogP contribution in [0.15, 0.2) is 18.2 Å². The van der Waals surface area contributed by atoms with Crippen molar-refractivity contribution in [2.75, 3.05) is 13.7 Å². The van der Waals surface area contributed by atoms with Gasteiger partial charge < -0.3 is 14.6 Å². The molecule has 2 unspecified atom stereocenters. The molecule has 1 saturated carbocycles. The summed E-state index contributed by atoms with van der Waals surface area (Å²) in [5, 5.41) is 8.77. The zero-order chi connectivity index (χ0) is 15.1. The number of benzene rings is 1. The molecule has 1 aliphatic rings. The zero-order valence-corrected chi connectivity index (χ0v) is 12.3. The normalized spacial score (nSPS) is 21.5. The van der Waals surface area contributed by atoms with Gasteiger partial charge in [-0.3, -0.25) is 0 Å². The Morgan fingerprint density at radius 3 is 2.90 bits per heavy atom. The van der Waals surface area contributed by atoms with Crippen LogP contribution in [0, 0.1) is 17.7 Å². The van der Waals surface area contributed by atoms with Crippen LogP contribution in [0.25, 0.3) is 0 Å². The van der Waals surface area contributed by atoms with Gasteiger partial charge in [0.1, 0.15) is 17.7 Å². The SMILES string of the molecule is COC1CCCC(Oc2cc(F)ccc2C#CCCO)C1. The van der Waals surface area contributed by atoms with Gasteiger partial charge in [-0.2, -0.15) is 0 Å². The molecule has 1 N–H and O–H groups in total. The largest absolute Gasteiger partial charge is 0.489 e. The minimum atomic E-state index is -0.336. The molecule has 2 rings (SSSR count). The predicted molar refractivity (Wildman–Crippen MR) is 78.7 cm³/mol. The van der Waals surface area contributed by atoms with Crippen LogP contribution in [-0.2, 0) is 4.74 Å². The second-order valence-corrected chi connectivity index (χ2v) is 5.18. The van der Waals surface area contributed by atoms with Gasteiger partial charge in [0, 0.05) is 26.0 Å². The summed E-state index contributed by atoms with van der Waals surface area (Å²) in [6, 6.07) is 4.36. The van der Waals surface area contributed by atoms with E-state index < -0.39 is 0 Å². The summed E-state index contributed by atoms with van der Waals surface area (Å²) >= 11 is 0. The highest BCUT2D eigenvalue weighted by atomic mass is 19.1. The number of aliphatic hydroxyl groups is 1. The van der Waals surface area contributed by atoms with Gasteiger partial charge in [0.05, 0.1) is 18.3 Å². The number of methoxy groups -OCH3 is 1. The molecule has 21 heavy (non-hydrogen) atoms. The number of ether oxygens (including phenoxy) is 2. The molecule has 1 aliphatic carbocycles. The van der Waals surface area contributed by atoms with Gasteiger partial charge in [0.25, 0.3) is 0 Å². The standard InChI is InChI=1S/C17H21FO3/c1-20-15-6-4-7-16(12-15)21-17-11-14(18)9-8-13(17)5-2-3-10-19/h8-9,11,15-16,19H,3-4,6-7,10,12H2,1H3. The summed E-state index contributed by atoms with van der Waals surface area (Å²) in [5.74, 6) is 5.90. The highest BCUT2D eigenvalue weighted by molar-refractivity contribution is 5.46. The van der Waals surface area contributed by atoms with E-state index >= 15 is 0 Å². The molecule has 0 aliphatic heterocycles. The molecule has 114 valence electrons. The van der Waals surface area contributed by atoms with Gasteiger partial charge in [0.2, 0.25) is 0 Å². The zero-order valence-electron chi connectivity index (χ0n) is 12.3. The van der Waals surface area contributed by atoms with Crippen LogP contribution in [0.5, 0.6) is 5.75 Å². The third-order valence-electron chi connectivity index (χ3n) is 3.61. The summed E-state index contributed by atoms with van der Waals surface area (Å²) in [6.07, 6.45) is 4.49. The average molecular weight is 292 g/mol. The minimum absolute atomic E-state index is 0.0164. The van der Waals surface area contributed by atoms with E-state index in [0.717, 1.165) is 25.7 Å². The number of rotatable bonds is 4. The number of aliphatic hydroxyl groups excluding tert-OH is 1. The maximum absolute atomic E-state index is 13.4. The third kappa shape index (κ3) is 4.73. The first-order valence-electron chi connectivity index (χ1n) is 7.31. The predicted octanol–water partition coefficient (Wildman–Crippen LogP) is 2.90. The van der Waals surface area contributed by atoms with Crippen LogP contribution in [0.1, 0.15) is 37.7 Å². The first-order valence-corrected chi connectivity index (χ1v) is 7.31. The minimum Gasteiger partial charge on any atom is -0.489 e. The maximum Gasteiger partial charge on any atom is 0.138 e. The van der Waals surface area contributed by atoms with Gasteiger partial charge >= 0.3 is 0 Å². The molecule has 0 spiro atoms. The van der Waals surface area contributed by atoms with Crippen molar-refractivity contribution in [1.82, 2.24) is 0 Å². The molecule has 0 bridgehead atoms. The van der Waals surface area contributed by atoms with Gasteiger partial charge in [0.15, 0.2) is 0 Å². The molecule has 0 radical (unpaired) electrons. The van der Waals surface area contributed by atoms with Gasteiger partial charge in [-0.15, -0.1) is 0 Å². The Morgan fingerprint density at radius 2 is 2.14 bits per heavy atom. The first-order chi connectivity index (χ1) is 10.2. The Balaban J connectivity index is 2.11. The van der Waals surface area contributed by atoms with Crippen molar-refractivity contribution in [1.29, 1.82) is 0 Å². The van der Waals surface area contributed by atoms with Crippen molar-refractivity contribution in [2.24, 2.45) is 0 Å². The lowest BCUT2D eigenvalue weighted by Crippen LogP contribution is -2.29. The van der Waals surface area contributed by atoms with E-state index in [0.29, 0.717) is 17.7 Å². The van der Waals surface area contributed by atoms with Crippen molar-refractivity contribution >= 4 is 0 Å². The monoisotopic (exact) mass is 292 g/mol. The smallest absolute Gasteiger partial charge is 0.138 e. The van der Waals surface area contributed by atoms with Crippen LogP contribution in [0.2, 0.25) is 0 Å². The fraction of sp³-hybridized carbons (Fsp3) is 0.529. The summed E-state index contributed by atoms with van der Waals surface area (Å²) in [7, 11) is 1.71. The van der Waals surface area contributed by atoms with Crippen LogP contribution in [0.3, 0.4) is 0 Å². The summed E-state index contributed by atoms with van der Waals surface area (Å²) in [4.78, 5) is 0. The van der Waals surface area contributed by atoms with Crippen LogP contribution in [-0.4, -0.2) is 31.0 Å². The quantitative estimate of drug-likeness (QED) is 0.867. The van der Waals surface area contributed by atoms with E-state index in [2.05, 4.69) is 11.8 Å². The van der Waals surface area contributed by atoms with Crippen molar-refractivity contribution in [3.8, 4) is 17.6 Å². The number of hydrogen-bond acceptors (Lipinski definition) is 3. The lowest BCUT2D eigenvalue weighted by molar-refractivity contribution is 0.0208. The van der Waals surface area contributed by atoms with Crippen molar-refractivity contribution in [3.63, 3.8) is 0 Å². The maximum atomic E-state index is 13.4. The second kappa shape index (κ2) is 8.02. The molecule has 2 atom stereocenters. The number of halogens is 1. The molecule has 0 saturated heterocycles. The molecule has 0 aromatic heterocycles. The Labute approximate surface area is 125 Å². The Bertz CT molecular complexity index is 519. The highest BCUT2D eigenvalue weighted by Gasteiger charge is 2.23. The van der Waals surface area contributed by atoms with E-state index in [-0.39, 0.29) is 24.6 Å². The molecule has 1 aromatic rings. The van der Waals surface area contributed by atoms with Crippen LogP contribution in [0.4, 0.5) is 4.39 Å². The van der Waals surface area contributed by atoms with E-state index in [1.54, 1.807) is 13.2 Å². The average Bonchev–Trinajstić information content (AvgIpc) is 2.50. The fourth-order valence-corrected chi connectivity index (χ4v) is 2.51. The molecular weight excluding hydrogens is 271 g/mol. The van der Waals surface area contributed by atoms with Gasteiger partial charge in [-0.25, -0.2) is 4.39 Å². The Morgan fingerprint density at radius 1 is 1.33 bits per heavy atom. The Hall–Kier alpha value is -1.57. The summed E-state index contributed by atoms with van der Waals surface area (Å²) < 4.78 is 24.8. The number of hydrogen-bond donors (Lipinski definition) is 1.